The molecule has 31 heavy (non-hydrogen) atoms. The predicted molar refractivity (Wildman–Crippen MR) is 114 cm³/mol. The highest BCUT2D eigenvalue weighted by atomic mass is 16.5. The van der Waals surface area contributed by atoms with Crippen LogP contribution >= 0.6 is 0 Å². The standard InChI is InChI=1S/C23H23N3O5/c1-29-21-5-2-15(14-25-21)12-19-22(27)18-13-17(31-11-8-24)3-4-20(18)26(23(19)28)16-6-9-30-10-7-16/h2-5,13-14,16,27H,6-7,9-12H2,1H3. The first-order valence-electron chi connectivity index (χ1n) is 10.1. The van der Waals surface area contributed by atoms with Gasteiger partial charge in [0.1, 0.15) is 17.6 Å². The summed E-state index contributed by atoms with van der Waals surface area (Å²) >= 11 is 0. The maximum atomic E-state index is 13.5. The molecule has 2 aromatic heterocycles. The molecule has 160 valence electrons. The second-order valence-corrected chi connectivity index (χ2v) is 7.36. The summed E-state index contributed by atoms with van der Waals surface area (Å²) in [7, 11) is 1.54. The lowest BCUT2D eigenvalue weighted by Gasteiger charge is -2.27. The van der Waals surface area contributed by atoms with Crippen LogP contribution in [0.3, 0.4) is 0 Å². The van der Waals surface area contributed by atoms with Gasteiger partial charge in [-0.25, -0.2) is 4.98 Å². The van der Waals surface area contributed by atoms with E-state index in [0.29, 0.717) is 41.3 Å². The molecule has 8 heteroatoms. The fourth-order valence-electron chi connectivity index (χ4n) is 3.94. The van der Waals surface area contributed by atoms with E-state index in [0.717, 1.165) is 18.4 Å². The van der Waals surface area contributed by atoms with Gasteiger partial charge in [0.25, 0.3) is 5.56 Å². The quantitative estimate of drug-likeness (QED) is 0.652. The minimum Gasteiger partial charge on any atom is -0.507 e. The van der Waals surface area contributed by atoms with Gasteiger partial charge in [0.15, 0.2) is 6.61 Å². The number of hydrogen-bond donors (Lipinski definition) is 1. The normalized spacial score (nSPS) is 14.3. The molecule has 0 bridgehead atoms. The zero-order valence-electron chi connectivity index (χ0n) is 17.2. The summed E-state index contributed by atoms with van der Waals surface area (Å²) in [6, 6.07) is 10.6. The molecule has 1 saturated heterocycles. The van der Waals surface area contributed by atoms with Gasteiger partial charge in [0.2, 0.25) is 5.88 Å². The maximum Gasteiger partial charge on any atom is 0.258 e. The summed E-state index contributed by atoms with van der Waals surface area (Å²) < 4.78 is 17.7. The van der Waals surface area contributed by atoms with Crippen LogP contribution in [0.4, 0.5) is 0 Å². The van der Waals surface area contributed by atoms with Gasteiger partial charge in [-0.05, 0) is 36.6 Å². The number of benzene rings is 1. The number of hydrogen-bond acceptors (Lipinski definition) is 7. The third-order valence-electron chi connectivity index (χ3n) is 5.49. The number of nitrogens with zero attached hydrogens (tertiary/aromatic N) is 3. The van der Waals surface area contributed by atoms with Crippen LogP contribution in [0.2, 0.25) is 0 Å². The first-order chi connectivity index (χ1) is 15.1. The lowest BCUT2D eigenvalue weighted by atomic mass is 10.0. The van der Waals surface area contributed by atoms with E-state index in [2.05, 4.69) is 4.98 Å². The van der Waals surface area contributed by atoms with E-state index in [1.54, 1.807) is 35.0 Å². The molecule has 1 N–H and O–H groups in total. The Morgan fingerprint density at radius 1 is 1.29 bits per heavy atom. The SMILES string of the molecule is COc1ccc(Cc2c(O)c3cc(OCC#N)ccc3n(C3CCOCC3)c2=O)cn1. The van der Waals surface area contributed by atoms with E-state index < -0.39 is 0 Å². The summed E-state index contributed by atoms with van der Waals surface area (Å²) in [5.41, 5.74) is 1.49. The van der Waals surface area contributed by atoms with Crippen LogP contribution in [0, 0.1) is 11.3 Å². The highest BCUT2D eigenvalue weighted by Crippen LogP contribution is 2.34. The molecule has 0 saturated carbocycles. The Morgan fingerprint density at radius 3 is 2.77 bits per heavy atom. The largest absolute Gasteiger partial charge is 0.507 e. The molecule has 1 aliphatic rings. The van der Waals surface area contributed by atoms with Gasteiger partial charge in [-0.3, -0.25) is 4.79 Å². The van der Waals surface area contributed by atoms with Crippen LogP contribution in [-0.4, -0.2) is 41.6 Å². The number of aromatic nitrogens is 2. The molecule has 0 atom stereocenters. The van der Waals surface area contributed by atoms with Crippen LogP contribution in [0.25, 0.3) is 10.9 Å². The molecule has 0 aliphatic carbocycles. The van der Waals surface area contributed by atoms with Crippen molar-refractivity contribution in [1.29, 1.82) is 5.26 Å². The minimum absolute atomic E-state index is 0.0250. The summed E-state index contributed by atoms with van der Waals surface area (Å²) in [6.45, 7) is 1.07. The molecule has 8 nitrogen and oxygen atoms in total. The Balaban J connectivity index is 1.86. The zero-order valence-corrected chi connectivity index (χ0v) is 17.2. The number of nitriles is 1. The van der Waals surface area contributed by atoms with Crippen molar-refractivity contribution in [2.24, 2.45) is 0 Å². The van der Waals surface area contributed by atoms with E-state index >= 15 is 0 Å². The van der Waals surface area contributed by atoms with Gasteiger partial charge >= 0.3 is 0 Å². The van der Waals surface area contributed by atoms with Gasteiger partial charge in [-0.2, -0.15) is 5.26 Å². The maximum absolute atomic E-state index is 13.5. The first-order valence-corrected chi connectivity index (χ1v) is 10.1. The van der Waals surface area contributed by atoms with Crippen LogP contribution in [0.15, 0.2) is 41.3 Å². The number of rotatable bonds is 6. The molecule has 1 aromatic carbocycles. The highest BCUT2D eigenvalue weighted by Gasteiger charge is 2.24. The topological polar surface area (TPSA) is 107 Å². The fourth-order valence-corrected chi connectivity index (χ4v) is 3.94. The van der Waals surface area contributed by atoms with Gasteiger partial charge in [0, 0.05) is 43.3 Å². The van der Waals surface area contributed by atoms with E-state index in [9.17, 15) is 9.90 Å². The highest BCUT2D eigenvalue weighted by molar-refractivity contribution is 5.88. The molecular weight excluding hydrogens is 398 g/mol. The van der Waals surface area contributed by atoms with Crippen molar-refractivity contribution < 1.29 is 19.3 Å². The Kier molecular flexibility index (Phi) is 6.05. The molecule has 1 fully saturated rings. The molecular formula is C23H23N3O5. The third kappa shape index (κ3) is 4.18. The van der Waals surface area contributed by atoms with Crippen molar-refractivity contribution in [2.75, 3.05) is 26.9 Å². The number of fused-ring (bicyclic) bond motifs is 1. The predicted octanol–water partition coefficient (Wildman–Crippen LogP) is 2.96. The smallest absolute Gasteiger partial charge is 0.258 e. The van der Waals surface area contributed by atoms with Crippen molar-refractivity contribution in [3.05, 3.63) is 58.0 Å². The Morgan fingerprint density at radius 2 is 2.10 bits per heavy atom. The average molecular weight is 421 g/mol. The lowest BCUT2D eigenvalue weighted by molar-refractivity contribution is 0.0697. The average Bonchev–Trinajstić information content (AvgIpc) is 2.82. The Hall–Kier alpha value is -3.57. The van der Waals surface area contributed by atoms with Crippen molar-refractivity contribution >= 4 is 10.9 Å². The van der Waals surface area contributed by atoms with Crippen molar-refractivity contribution in [1.82, 2.24) is 9.55 Å². The van der Waals surface area contributed by atoms with Gasteiger partial charge in [0.05, 0.1) is 18.2 Å². The molecule has 0 radical (unpaired) electrons. The lowest BCUT2D eigenvalue weighted by Crippen LogP contribution is -2.31. The molecule has 0 spiro atoms. The molecule has 0 unspecified atom stereocenters. The van der Waals surface area contributed by atoms with Crippen molar-refractivity contribution in [3.63, 3.8) is 0 Å². The van der Waals surface area contributed by atoms with Gasteiger partial charge in [-0.15, -0.1) is 0 Å². The number of aromatic hydroxyl groups is 1. The Labute approximate surface area is 179 Å². The zero-order chi connectivity index (χ0) is 21.8. The van der Waals surface area contributed by atoms with Crippen LogP contribution < -0.4 is 15.0 Å². The third-order valence-corrected chi connectivity index (χ3v) is 5.49. The molecule has 3 heterocycles. The van der Waals surface area contributed by atoms with Crippen molar-refractivity contribution in [3.8, 4) is 23.4 Å². The summed E-state index contributed by atoms with van der Waals surface area (Å²) in [4.78, 5) is 17.7. The second kappa shape index (κ2) is 9.06. The summed E-state index contributed by atoms with van der Waals surface area (Å²) in [5.74, 6) is 0.852. The summed E-state index contributed by atoms with van der Waals surface area (Å²) in [5, 5.41) is 20.4. The first kappa shape index (κ1) is 20.7. The molecule has 3 aromatic rings. The summed E-state index contributed by atoms with van der Waals surface area (Å²) in [6.07, 6.45) is 3.29. The second-order valence-electron chi connectivity index (χ2n) is 7.36. The fraction of sp³-hybridized carbons (Fsp3) is 0.348. The van der Waals surface area contributed by atoms with E-state index in [1.165, 1.54) is 7.11 Å². The monoisotopic (exact) mass is 421 g/mol. The van der Waals surface area contributed by atoms with Crippen molar-refractivity contribution in [2.45, 2.75) is 25.3 Å². The number of methoxy groups -OCH3 is 1. The Bertz CT molecular complexity index is 1180. The number of pyridine rings is 2. The molecule has 0 amide bonds. The van der Waals surface area contributed by atoms with Crippen LogP contribution in [0.1, 0.15) is 30.0 Å². The molecule has 1 aliphatic heterocycles. The van der Waals surface area contributed by atoms with Gasteiger partial charge in [-0.1, -0.05) is 6.07 Å². The van der Waals surface area contributed by atoms with E-state index in [1.807, 2.05) is 12.1 Å². The van der Waals surface area contributed by atoms with E-state index in [-0.39, 0.29) is 30.4 Å². The molecule has 4 rings (SSSR count). The van der Waals surface area contributed by atoms with Crippen LogP contribution in [-0.2, 0) is 11.2 Å². The van der Waals surface area contributed by atoms with Gasteiger partial charge < -0.3 is 23.9 Å². The van der Waals surface area contributed by atoms with E-state index in [4.69, 9.17) is 19.5 Å². The van der Waals surface area contributed by atoms with Crippen LogP contribution in [0.5, 0.6) is 17.4 Å². The minimum atomic E-state index is -0.224. The number of ether oxygens (including phenoxy) is 3.